The number of hydrogen-bond donors (Lipinski definition) is 2. The van der Waals surface area contributed by atoms with Crippen molar-refractivity contribution in [3.63, 3.8) is 0 Å². The van der Waals surface area contributed by atoms with Crippen molar-refractivity contribution in [2.24, 2.45) is 0 Å². The Morgan fingerprint density at radius 2 is 1.71 bits per heavy atom. The molecule has 0 bridgehead atoms. The van der Waals surface area contributed by atoms with Crippen LogP contribution >= 0.6 is 0 Å². The third kappa shape index (κ3) is 4.20. The van der Waals surface area contributed by atoms with Gasteiger partial charge in [-0.15, -0.1) is 0 Å². The number of nitrogens with two attached hydrogens (primary N) is 1. The number of fused-ring (bicyclic) bond motifs is 1. The van der Waals surface area contributed by atoms with Crippen LogP contribution in [0.25, 0.3) is 33.4 Å². The van der Waals surface area contributed by atoms with E-state index in [0.29, 0.717) is 23.9 Å². The molecule has 0 aliphatic heterocycles. The van der Waals surface area contributed by atoms with Gasteiger partial charge in [-0.05, 0) is 25.1 Å². The number of aromatic nitrogens is 5. The third-order valence-corrected chi connectivity index (χ3v) is 5.81. The van der Waals surface area contributed by atoms with Gasteiger partial charge in [-0.2, -0.15) is 0 Å². The van der Waals surface area contributed by atoms with Crippen molar-refractivity contribution in [2.75, 3.05) is 12.3 Å². The van der Waals surface area contributed by atoms with Gasteiger partial charge >= 0.3 is 0 Å². The van der Waals surface area contributed by atoms with E-state index in [2.05, 4.69) is 34.9 Å². The van der Waals surface area contributed by atoms with E-state index in [-0.39, 0.29) is 11.2 Å². The van der Waals surface area contributed by atoms with Crippen LogP contribution < -0.4 is 10.5 Å². The van der Waals surface area contributed by atoms with E-state index in [4.69, 9.17) is 20.4 Å². The number of aryl methyl sites for hydroxylation is 1. The zero-order valence-electron chi connectivity index (χ0n) is 19.4. The van der Waals surface area contributed by atoms with Crippen LogP contribution in [0.15, 0.2) is 73.1 Å². The van der Waals surface area contributed by atoms with Gasteiger partial charge < -0.3 is 15.5 Å². The summed E-state index contributed by atoms with van der Waals surface area (Å²) in [5.74, 6) is 1.43. The molecular formula is C27H26N6O. The lowest BCUT2D eigenvalue weighted by atomic mass is 9.91. The van der Waals surface area contributed by atoms with Crippen molar-refractivity contribution in [1.29, 1.82) is 0 Å². The lowest BCUT2D eigenvalue weighted by Crippen LogP contribution is -2.27. The molecule has 3 aromatic heterocycles. The SMILES string of the molecule is Cc1ncc(C(C)(C)COc2nc(-c3ccc4ncccc4c3)c(-c3ccccc3)nc2N)[nH]1. The fraction of sp³-hybridized carbons (Fsp3) is 0.185. The molecule has 3 heterocycles. The molecule has 2 aromatic carbocycles. The van der Waals surface area contributed by atoms with Gasteiger partial charge in [0.15, 0.2) is 5.82 Å². The van der Waals surface area contributed by atoms with Crippen LogP contribution in [-0.4, -0.2) is 31.5 Å². The van der Waals surface area contributed by atoms with E-state index in [0.717, 1.165) is 33.5 Å². The topological polar surface area (TPSA) is 103 Å². The van der Waals surface area contributed by atoms with Gasteiger partial charge in [-0.25, -0.2) is 15.0 Å². The quantitative estimate of drug-likeness (QED) is 0.362. The lowest BCUT2D eigenvalue weighted by Gasteiger charge is -2.23. The summed E-state index contributed by atoms with van der Waals surface area (Å²) >= 11 is 0. The molecule has 0 aliphatic rings. The maximum absolute atomic E-state index is 6.34. The normalized spacial score (nSPS) is 11.6. The first-order valence-corrected chi connectivity index (χ1v) is 11.1. The van der Waals surface area contributed by atoms with Gasteiger partial charge in [0, 0.05) is 40.0 Å². The van der Waals surface area contributed by atoms with Gasteiger partial charge in [0.05, 0.1) is 11.2 Å². The fourth-order valence-corrected chi connectivity index (χ4v) is 3.85. The summed E-state index contributed by atoms with van der Waals surface area (Å²) < 4.78 is 6.15. The van der Waals surface area contributed by atoms with Crippen molar-refractivity contribution < 1.29 is 4.74 Å². The molecule has 3 N–H and O–H groups in total. The number of nitrogens with zero attached hydrogens (tertiary/aromatic N) is 4. The molecule has 0 amide bonds. The van der Waals surface area contributed by atoms with Crippen molar-refractivity contribution in [3.8, 4) is 28.4 Å². The largest absolute Gasteiger partial charge is 0.474 e. The number of ether oxygens (including phenoxy) is 1. The Bertz CT molecular complexity index is 1460. The number of pyridine rings is 1. The molecular weight excluding hydrogens is 424 g/mol. The molecule has 0 fully saturated rings. The predicted octanol–water partition coefficient (Wildman–Crippen LogP) is 5.33. The molecule has 0 atom stereocenters. The number of benzene rings is 2. The maximum atomic E-state index is 6.34. The van der Waals surface area contributed by atoms with Gasteiger partial charge in [0.1, 0.15) is 18.1 Å². The van der Waals surface area contributed by atoms with Crippen LogP contribution in [0, 0.1) is 6.92 Å². The average molecular weight is 451 g/mol. The Morgan fingerprint density at radius 3 is 2.47 bits per heavy atom. The average Bonchev–Trinajstić information content (AvgIpc) is 3.30. The minimum absolute atomic E-state index is 0.252. The van der Waals surface area contributed by atoms with Crippen molar-refractivity contribution in [1.82, 2.24) is 24.9 Å². The van der Waals surface area contributed by atoms with Crippen LogP contribution in [0.4, 0.5) is 5.82 Å². The molecule has 0 saturated carbocycles. The van der Waals surface area contributed by atoms with Gasteiger partial charge in [-0.1, -0.05) is 56.3 Å². The molecule has 5 aromatic rings. The lowest BCUT2D eigenvalue weighted by molar-refractivity contribution is 0.230. The second-order valence-corrected chi connectivity index (χ2v) is 8.94. The zero-order chi connectivity index (χ0) is 23.7. The molecule has 170 valence electrons. The summed E-state index contributed by atoms with van der Waals surface area (Å²) in [4.78, 5) is 21.6. The van der Waals surface area contributed by atoms with E-state index in [1.165, 1.54) is 0 Å². The summed E-state index contributed by atoms with van der Waals surface area (Å²) in [5.41, 5.74) is 11.2. The van der Waals surface area contributed by atoms with Crippen molar-refractivity contribution >= 4 is 16.7 Å². The highest BCUT2D eigenvalue weighted by molar-refractivity contribution is 5.87. The third-order valence-electron chi connectivity index (χ3n) is 5.81. The van der Waals surface area contributed by atoms with E-state index >= 15 is 0 Å². The van der Waals surface area contributed by atoms with Gasteiger partial charge in [0.2, 0.25) is 0 Å². The Labute approximate surface area is 198 Å². The first-order valence-electron chi connectivity index (χ1n) is 11.1. The van der Waals surface area contributed by atoms with Crippen molar-refractivity contribution in [3.05, 3.63) is 84.6 Å². The van der Waals surface area contributed by atoms with Crippen LogP contribution in [-0.2, 0) is 5.41 Å². The number of rotatable bonds is 6. The highest BCUT2D eigenvalue weighted by Crippen LogP contribution is 2.35. The molecule has 5 rings (SSSR count). The molecule has 7 nitrogen and oxygen atoms in total. The molecule has 34 heavy (non-hydrogen) atoms. The summed E-state index contributed by atoms with van der Waals surface area (Å²) in [6.07, 6.45) is 3.62. The summed E-state index contributed by atoms with van der Waals surface area (Å²) in [7, 11) is 0. The smallest absolute Gasteiger partial charge is 0.257 e. The fourth-order valence-electron chi connectivity index (χ4n) is 3.85. The minimum atomic E-state index is -0.317. The highest BCUT2D eigenvalue weighted by Gasteiger charge is 2.25. The number of H-pyrrole nitrogens is 1. The molecule has 0 aliphatic carbocycles. The predicted molar refractivity (Wildman–Crippen MR) is 134 cm³/mol. The first kappa shape index (κ1) is 21.6. The summed E-state index contributed by atoms with van der Waals surface area (Å²) in [5, 5.41) is 1.02. The van der Waals surface area contributed by atoms with Gasteiger partial charge in [0.25, 0.3) is 5.88 Å². The molecule has 7 heteroatoms. The number of imidazole rings is 1. The van der Waals surface area contributed by atoms with E-state index in [1.807, 2.05) is 67.7 Å². The van der Waals surface area contributed by atoms with E-state index < -0.39 is 0 Å². The van der Waals surface area contributed by atoms with Gasteiger partial charge in [-0.3, -0.25) is 4.98 Å². The highest BCUT2D eigenvalue weighted by atomic mass is 16.5. The van der Waals surface area contributed by atoms with Crippen LogP contribution in [0.2, 0.25) is 0 Å². The second-order valence-electron chi connectivity index (χ2n) is 8.94. The number of nitrogen functional groups attached to an aromatic ring is 1. The van der Waals surface area contributed by atoms with Crippen LogP contribution in [0.5, 0.6) is 5.88 Å². The number of anilines is 1. The van der Waals surface area contributed by atoms with E-state index in [9.17, 15) is 0 Å². The Hall–Kier alpha value is -4.26. The summed E-state index contributed by atoms with van der Waals surface area (Å²) in [6, 6.07) is 19.9. The number of aromatic amines is 1. The number of hydrogen-bond acceptors (Lipinski definition) is 6. The molecule has 0 radical (unpaired) electrons. The zero-order valence-corrected chi connectivity index (χ0v) is 19.4. The summed E-state index contributed by atoms with van der Waals surface area (Å²) in [6.45, 7) is 6.45. The Morgan fingerprint density at radius 1 is 0.912 bits per heavy atom. The van der Waals surface area contributed by atoms with Crippen LogP contribution in [0.1, 0.15) is 25.4 Å². The second kappa shape index (κ2) is 8.59. The minimum Gasteiger partial charge on any atom is -0.474 e. The maximum Gasteiger partial charge on any atom is 0.257 e. The van der Waals surface area contributed by atoms with E-state index in [1.54, 1.807) is 6.20 Å². The number of nitrogens with one attached hydrogen (secondary N) is 1. The van der Waals surface area contributed by atoms with Crippen molar-refractivity contribution in [2.45, 2.75) is 26.2 Å². The molecule has 0 spiro atoms. The Kier molecular flexibility index (Phi) is 5.45. The monoisotopic (exact) mass is 450 g/mol. The molecule has 0 saturated heterocycles. The van der Waals surface area contributed by atoms with Crippen LogP contribution in [0.3, 0.4) is 0 Å². The first-order chi connectivity index (χ1) is 16.4. The standard InChI is InChI=1S/C27H26N6O/c1-17-30-15-22(31-17)27(2,3)16-34-26-25(28)32-23(18-8-5-4-6-9-18)24(33-26)20-11-12-21-19(14-20)10-7-13-29-21/h4-15H,16H2,1-3H3,(H2,28,32)(H,30,31). The molecule has 0 unspecified atom stereocenters. The Balaban J connectivity index is 1.57.